The summed E-state index contributed by atoms with van der Waals surface area (Å²) in [4.78, 5) is 35.2. The minimum absolute atomic E-state index is 0.338. The first kappa shape index (κ1) is 9.70. The first-order chi connectivity index (χ1) is 6.09. The lowest BCUT2D eigenvalue weighted by Crippen LogP contribution is -2.32. The van der Waals surface area contributed by atoms with Crippen LogP contribution in [0.3, 0.4) is 0 Å². The molecule has 4 amide bonds. The summed E-state index contributed by atoms with van der Waals surface area (Å²) in [7, 11) is 1.31. The number of hydrogen-bond donors (Lipinski definition) is 0. The van der Waals surface area contributed by atoms with Crippen LogP contribution in [0.1, 0.15) is 19.8 Å². The first-order valence-electron chi connectivity index (χ1n) is 4.23. The van der Waals surface area contributed by atoms with Crippen molar-refractivity contribution in [1.29, 1.82) is 0 Å². The van der Waals surface area contributed by atoms with Crippen molar-refractivity contribution in [2.75, 3.05) is 13.6 Å². The zero-order valence-electron chi connectivity index (χ0n) is 7.74. The van der Waals surface area contributed by atoms with E-state index >= 15 is 0 Å². The summed E-state index contributed by atoms with van der Waals surface area (Å²) in [6, 6.07) is -0.511. The topological polar surface area (TPSA) is 57.7 Å². The Balaban J connectivity index is 2.70. The van der Waals surface area contributed by atoms with E-state index in [1.807, 2.05) is 6.92 Å². The van der Waals surface area contributed by atoms with Crippen LogP contribution in [0.25, 0.3) is 0 Å². The van der Waals surface area contributed by atoms with E-state index < -0.39 is 17.8 Å². The fourth-order valence-corrected chi connectivity index (χ4v) is 1.13. The second-order valence-electron chi connectivity index (χ2n) is 2.96. The highest BCUT2D eigenvalue weighted by atomic mass is 16.2. The summed E-state index contributed by atoms with van der Waals surface area (Å²) in [5.74, 6) is -1.44. The number of carbonyl (C=O) groups is 3. The molecule has 0 spiro atoms. The largest absolute Gasteiger partial charge is 0.333 e. The zero-order valence-corrected chi connectivity index (χ0v) is 7.74. The number of likely N-dealkylation sites (N-methyl/N-ethyl adjacent to an activating group) is 1. The summed E-state index contributed by atoms with van der Waals surface area (Å²) in [5.41, 5.74) is 0. The Morgan fingerprint density at radius 2 is 1.77 bits per heavy atom. The van der Waals surface area contributed by atoms with Gasteiger partial charge in [0.1, 0.15) is 0 Å². The van der Waals surface area contributed by atoms with Crippen LogP contribution in [0, 0.1) is 0 Å². The number of carbonyl (C=O) groups excluding carboxylic acids is 3. The van der Waals surface area contributed by atoms with Crippen molar-refractivity contribution in [3.63, 3.8) is 0 Å². The molecule has 5 heteroatoms. The third-order valence-electron chi connectivity index (χ3n) is 1.99. The van der Waals surface area contributed by atoms with Gasteiger partial charge in [-0.3, -0.25) is 19.4 Å². The molecular weight excluding hydrogens is 172 g/mol. The minimum Gasteiger partial charge on any atom is -0.263 e. The molecule has 5 nitrogen and oxygen atoms in total. The van der Waals surface area contributed by atoms with Gasteiger partial charge in [0.15, 0.2) is 0 Å². The molecule has 0 aromatic heterocycles. The molecule has 0 unspecified atom stereocenters. The van der Waals surface area contributed by atoms with Gasteiger partial charge >= 0.3 is 17.8 Å². The van der Waals surface area contributed by atoms with Crippen LogP contribution in [0.2, 0.25) is 0 Å². The summed E-state index contributed by atoms with van der Waals surface area (Å²) in [6.45, 7) is 2.29. The van der Waals surface area contributed by atoms with E-state index in [4.69, 9.17) is 0 Å². The molecule has 1 aliphatic rings. The highest BCUT2D eigenvalue weighted by Crippen LogP contribution is 2.10. The lowest BCUT2D eigenvalue weighted by molar-refractivity contribution is -0.142. The van der Waals surface area contributed by atoms with Crippen LogP contribution in [-0.4, -0.2) is 41.2 Å². The van der Waals surface area contributed by atoms with Crippen LogP contribution < -0.4 is 0 Å². The number of amides is 4. The predicted molar refractivity (Wildman–Crippen MR) is 44.8 cm³/mol. The van der Waals surface area contributed by atoms with Gasteiger partial charge < -0.3 is 0 Å². The van der Waals surface area contributed by atoms with Gasteiger partial charge in [-0.1, -0.05) is 13.3 Å². The predicted octanol–water partition coefficient (Wildman–Crippen LogP) is 0.207. The van der Waals surface area contributed by atoms with E-state index in [0.717, 1.165) is 22.6 Å². The Labute approximate surface area is 76.3 Å². The van der Waals surface area contributed by atoms with Crippen molar-refractivity contribution in [1.82, 2.24) is 9.80 Å². The second kappa shape index (κ2) is 3.55. The third-order valence-corrected chi connectivity index (χ3v) is 1.99. The Kier molecular flexibility index (Phi) is 2.65. The van der Waals surface area contributed by atoms with Crippen LogP contribution in [0.15, 0.2) is 0 Å². The fourth-order valence-electron chi connectivity index (χ4n) is 1.13. The van der Waals surface area contributed by atoms with Crippen LogP contribution >= 0.6 is 0 Å². The number of nitrogens with zero attached hydrogens (tertiary/aromatic N) is 2. The maximum absolute atomic E-state index is 11.2. The lowest BCUT2D eigenvalue weighted by Gasteiger charge is -2.11. The molecule has 0 radical (unpaired) electrons. The summed E-state index contributed by atoms with van der Waals surface area (Å²) in [6.07, 6.45) is 1.62. The van der Waals surface area contributed by atoms with E-state index in [0.29, 0.717) is 6.54 Å². The first-order valence-corrected chi connectivity index (χ1v) is 4.23. The minimum atomic E-state index is -0.735. The molecule has 0 aromatic rings. The number of urea groups is 1. The van der Waals surface area contributed by atoms with Crippen molar-refractivity contribution < 1.29 is 14.4 Å². The van der Waals surface area contributed by atoms with Gasteiger partial charge in [0, 0.05) is 13.6 Å². The number of imide groups is 2. The molecule has 1 aliphatic heterocycles. The van der Waals surface area contributed by atoms with Gasteiger partial charge in [-0.25, -0.2) is 4.79 Å². The average molecular weight is 184 g/mol. The van der Waals surface area contributed by atoms with E-state index in [2.05, 4.69) is 0 Å². The maximum atomic E-state index is 11.2. The molecule has 1 rings (SSSR count). The van der Waals surface area contributed by atoms with Gasteiger partial charge in [0.25, 0.3) is 0 Å². The van der Waals surface area contributed by atoms with Crippen LogP contribution in [0.4, 0.5) is 4.79 Å². The molecule has 1 fully saturated rings. The Bertz CT molecular complexity index is 262. The highest BCUT2D eigenvalue weighted by molar-refractivity contribution is 6.44. The monoisotopic (exact) mass is 184 g/mol. The molecule has 0 N–H and O–H groups in total. The van der Waals surface area contributed by atoms with Crippen molar-refractivity contribution >= 4 is 17.8 Å². The van der Waals surface area contributed by atoms with Gasteiger partial charge in [-0.05, 0) is 6.42 Å². The zero-order chi connectivity index (χ0) is 10.0. The van der Waals surface area contributed by atoms with Gasteiger partial charge in [-0.2, -0.15) is 0 Å². The number of unbranched alkanes of at least 4 members (excludes halogenated alkanes) is 1. The van der Waals surface area contributed by atoms with Crippen molar-refractivity contribution in [3.05, 3.63) is 0 Å². The molecule has 0 aromatic carbocycles. The molecule has 72 valence electrons. The fraction of sp³-hybridized carbons (Fsp3) is 0.625. The standard InChI is InChI=1S/C8H12N2O3/c1-3-4-5-10-7(12)6(11)9(2)8(10)13/h3-5H2,1-2H3. The second-order valence-corrected chi connectivity index (χ2v) is 2.96. The third kappa shape index (κ3) is 1.54. The lowest BCUT2D eigenvalue weighted by atomic mass is 10.3. The SMILES string of the molecule is CCCCN1C(=O)C(=O)N(C)C1=O. The molecule has 0 atom stereocenters. The summed E-state index contributed by atoms with van der Waals surface area (Å²) in [5, 5.41) is 0. The Morgan fingerprint density at radius 3 is 2.15 bits per heavy atom. The van der Waals surface area contributed by atoms with Crippen molar-refractivity contribution in [3.8, 4) is 0 Å². The summed E-state index contributed by atoms with van der Waals surface area (Å²) < 4.78 is 0. The van der Waals surface area contributed by atoms with Crippen molar-refractivity contribution in [2.24, 2.45) is 0 Å². The molecule has 0 saturated carbocycles. The van der Waals surface area contributed by atoms with E-state index in [-0.39, 0.29) is 0 Å². The van der Waals surface area contributed by atoms with E-state index in [1.54, 1.807) is 0 Å². The van der Waals surface area contributed by atoms with Gasteiger partial charge in [0.2, 0.25) is 0 Å². The molecule has 0 bridgehead atoms. The summed E-state index contributed by atoms with van der Waals surface area (Å²) >= 11 is 0. The molecule has 13 heavy (non-hydrogen) atoms. The quantitative estimate of drug-likeness (QED) is 0.465. The number of hydrogen-bond acceptors (Lipinski definition) is 3. The smallest absolute Gasteiger partial charge is 0.263 e. The molecule has 0 aliphatic carbocycles. The molecular formula is C8H12N2O3. The Hall–Kier alpha value is -1.39. The molecule has 1 heterocycles. The van der Waals surface area contributed by atoms with Crippen LogP contribution in [0.5, 0.6) is 0 Å². The Morgan fingerprint density at radius 1 is 1.15 bits per heavy atom. The number of rotatable bonds is 3. The highest BCUT2D eigenvalue weighted by Gasteiger charge is 2.41. The normalized spacial score (nSPS) is 17.5. The van der Waals surface area contributed by atoms with E-state index in [9.17, 15) is 14.4 Å². The van der Waals surface area contributed by atoms with Gasteiger partial charge in [0.05, 0.1) is 0 Å². The maximum Gasteiger partial charge on any atom is 0.333 e. The van der Waals surface area contributed by atoms with Crippen molar-refractivity contribution in [2.45, 2.75) is 19.8 Å². The van der Waals surface area contributed by atoms with Gasteiger partial charge in [-0.15, -0.1) is 0 Å². The molecule has 1 saturated heterocycles. The van der Waals surface area contributed by atoms with Crippen LogP contribution in [-0.2, 0) is 9.59 Å². The van der Waals surface area contributed by atoms with E-state index in [1.165, 1.54) is 7.05 Å². The average Bonchev–Trinajstić information content (AvgIpc) is 2.30.